The van der Waals surface area contributed by atoms with Crippen molar-refractivity contribution in [3.8, 4) is 11.4 Å². The number of carbonyl (C=O) groups is 2. The van der Waals surface area contributed by atoms with Gasteiger partial charge < -0.3 is 10.1 Å². The fraction of sp³-hybridized carbons (Fsp3) is 0.125. The highest BCUT2D eigenvalue weighted by Crippen LogP contribution is 2.21. The molecule has 0 saturated carbocycles. The normalized spacial score (nSPS) is 11.0. The quantitative estimate of drug-likeness (QED) is 0.334. The summed E-state index contributed by atoms with van der Waals surface area (Å²) in [5.74, 6) is -1.64. The van der Waals surface area contributed by atoms with Gasteiger partial charge in [-0.15, -0.1) is 5.10 Å². The second-order valence-corrected chi connectivity index (χ2v) is 7.75. The molecule has 37 heavy (non-hydrogen) atoms. The van der Waals surface area contributed by atoms with Crippen LogP contribution in [0, 0.1) is 5.82 Å². The molecule has 0 atom stereocenters. The van der Waals surface area contributed by atoms with Crippen molar-refractivity contribution in [1.29, 1.82) is 0 Å². The maximum atomic E-state index is 13.3. The number of hydrogen-bond acceptors (Lipinski definition) is 8. The number of nitrogens with zero attached hydrogens (tertiary/aromatic N) is 7. The number of amides is 1. The molecular formula is C24H19FN8O4. The number of halogens is 1. The van der Waals surface area contributed by atoms with Gasteiger partial charge in [-0.25, -0.2) is 23.2 Å². The third-order valence-electron chi connectivity index (χ3n) is 5.34. The Labute approximate surface area is 207 Å². The molecule has 0 bridgehead atoms. The minimum Gasteiger partial charge on any atom is -0.462 e. The molecule has 186 valence electrons. The number of carbonyl (C=O) groups excluding carboxylic acids is 2. The fourth-order valence-corrected chi connectivity index (χ4v) is 3.64. The summed E-state index contributed by atoms with van der Waals surface area (Å²) >= 11 is 0. The summed E-state index contributed by atoms with van der Waals surface area (Å²) in [6.45, 7) is 1.31. The first-order valence-electron chi connectivity index (χ1n) is 11.1. The van der Waals surface area contributed by atoms with E-state index in [1.807, 2.05) is 6.07 Å². The first-order chi connectivity index (χ1) is 18.0. The zero-order chi connectivity index (χ0) is 25.9. The summed E-state index contributed by atoms with van der Waals surface area (Å²) < 4.78 is 21.9. The number of ether oxygens (including phenoxy) is 1. The van der Waals surface area contributed by atoms with E-state index in [1.54, 1.807) is 31.2 Å². The molecule has 0 aliphatic carbocycles. The average molecular weight is 502 g/mol. The zero-order valence-corrected chi connectivity index (χ0v) is 19.4. The van der Waals surface area contributed by atoms with Gasteiger partial charge in [0.2, 0.25) is 5.91 Å². The van der Waals surface area contributed by atoms with Crippen molar-refractivity contribution in [2.24, 2.45) is 0 Å². The van der Waals surface area contributed by atoms with Crippen LogP contribution >= 0.6 is 0 Å². The number of benzene rings is 2. The molecule has 13 heteroatoms. The van der Waals surface area contributed by atoms with Gasteiger partial charge in [0.05, 0.1) is 30.4 Å². The van der Waals surface area contributed by atoms with Crippen LogP contribution in [-0.4, -0.2) is 53.0 Å². The fourth-order valence-electron chi connectivity index (χ4n) is 3.64. The molecule has 0 unspecified atom stereocenters. The van der Waals surface area contributed by atoms with Crippen LogP contribution in [0.1, 0.15) is 17.3 Å². The number of aromatic nitrogens is 7. The minimum atomic E-state index is -0.661. The predicted molar refractivity (Wildman–Crippen MR) is 129 cm³/mol. The van der Waals surface area contributed by atoms with Gasteiger partial charge in [-0.2, -0.15) is 10.2 Å². The highest BCUT2D eigenvalue weighted by Gasteiger charge is 2.22. The summed E-state index contributed by atoms with van der Waals surface area (Å²) in [5, 5.41) is 19.0. The van der Waals surface area contributed by atoms with E-state index in [4.69, 9.17) is 4.74 Å². The first kappa shape index (κ1) is 23.5. The maximum Gasteiger partial charge on any atom is 0.343 e. The summed E-state index contributed by atoms with van der Waals surface area (Å²) in [5.41, 5.74) is 0.686. The Bertz CT molecular complexity index is 1660. The van der Waals surface area contributed by atoms with Gasteiger partial charge in [0.25, 0.3) is 5.56 Å². The lowest BCUT2D eigenvalue weighted by molar-refractivity contribution is -0.117. The van der Waals surface area contributed by atoms with Gasteiger partial charge in [-0.05, 0) is 43.3 Å². The zero-order valence-electron chi connectivity index (χ0n) is 19.4. The summed E-state index contributed by atoms with van der Waals surface area (Å²) in [7, 11) is 0. The van der Waals surface area contributed by atoms with Crippen LogP contribution in [0.2, 0.25) is 0 Å². The maximum absolute atomic E-state index is 13.3. The third kappa shape index (κ3) is 4.57. The van der Waals surface area contributed by atoms with Crippen LogP contribution in [-0.2, 0) is 16.1 Å². The first-order valence-corrected chi connectivity index (χ1v) is 11.1. The Balaban J connectivity index is 1.44. The Morgan fingerprint density at radius 3 is 2.41 bits per heavy atom. The molecule has 0 aliphatic heterocycles. The Morgan fingerprint density at radius 2 is 1.68 bits per heavy atom. The smallest absolute Gasteiger partial charge is 0.343 e. The van der Waals surface area contributed by atoms with Crippen molar-refractivity contribution < 1.29 is 18.7 Å². The number of rotatable bonds is 7. The van der Waals surface area contributed by atoms with Gasteiger partial charge in [0, 0.05) is 0 Å². The number of anilines is 1. The second-order valence-electron chi connectivity index (χ2n) is 7.75. The predicted octanol–water partition coefficient (Wildman–Crippen LogP) is 2.12. The molecule has 0 spiro atoms. The molecule has 2 aromatic carbocycles. The number of para-hydroxylation sites is 1. The largest absolute Gasteiger partial charge is 0.462 e. The second kappa shape index (κ2) is 9.81. The summed E-state index contributed by atoms with van der Waals surface area (Å²) in [4.78, 5) is 38.4. The molecule has 0 fully saturated rings. The van der Waals surface area contributed by atoms with Crippen molar-refractivity contribution in [3.05, 3.63) is 88.7 Å². The number of hydrogen-bond donors (Lipinski definition) is 1. The lowest BCUT2D eigenvalue weighted by Gasteiger charge is -2.11. The van der Waals surface area contributed by atoms with E-state index in [-0.39, 0.29) is 29.0 Å². The van der Waals surface area contributed by atoms with Crippen LogP contribution < -0.4 is 10.9 Å². The van der Waals surface area contributed by atoms with Crippen molar-refractivity contribution in [1.82, 2.24) is 34.6 Å². The monoisotopic (exact) mass is 502 g/mol. The molecule has 0 aliphatic rings. The van der Waals surface area contributed by atoms with Crippen molar-refractivity contribution in [3.63, 3.8) is 0 Å². The van der Waals surface area contributed by atoms with Gasteiger partial charge in [-0.1, -0.05) is 23.4 Å². The summed E-state index contributed by atoms with van der Waals surface area (Å²) in [6, 6.07) is 14.4. The standard InChI is InChI=1S/C24H19FN8O4/c1-2-37-24(36)19-13-27-32(16-6-4-3-5-7-16)21(19)28-20(34)14-31-23(35)18-12-26-33(22(18)29-30-31)17-10-8-15(25)9-11-17/h3-13H,2,14H2,1H3,(H,28,34). The van der Waals surface area contributed by atoms with Crippen molar-refractivity contribution >= 4 is 28.7 Å². The Kier molecular flexibility index (Phi) is 6.24. The van der Waals surface area contributed by atoms with Gasteiger partial charge in [0.1, 0.15) is 23.3 Å². The van der Waals surface area contributed by atoms with E-state index < -0.39 is 29.8 Å². The van der Waals surface area contributed by atoms with Crippen molar-refractivity contribution in [2.45, 2.75) is 13.5 Å². The van der Waals surface area contributed by atoms with E-state index in [0.29, 0.717) is 11.4 Å². The molecule has 0 saturated heterocycles. The van der Waals surface area contributed by atoms with E-state index in [0.717, 1.165) is 4.68 Å². The molecule has 3 heterocycles. The highest BCUT2D eigenvalue weighted by molar-refractivity contribution is 6.00. The SMILES string of the molecule is CCOC(=O)c1cnn(-c2ccccc2)c1NC(=O)Cn1nnc2c(cnn2-c2ccc(F)cc2)c1=O. The van der Waals surface area contributed by atoms with E-state index >= 15 is 0 Å². The molecular weight excluding hydrogens is 483 g/mol. The third-order valence-corrected chi connectivity index (χ3v) is 5.34. The molecule has 1 amide bonds. The minimum absolute atomic E-state index is 0.0495. The number of esters is 1. The van der Waals surface area contributed by atoms with Crippen LogP contribution in [0.15, 0.2) is 71.8 Å². The summed E-state index contributed by atoms with van der Waals surface area (Å²) in [6.07, 6.45) is 2.59. The number of fused-ring (bicyclic) bond motifs is 1. The molecule has 5 rings (SSSR count). The van der Waals surface area contributed by atoms with Crippen LogP contribution in [0.4, 0.5) is 10.2 Å². The van der Waals surface area contributed by atoms with Crippen LogP contribution in [0.5, 0.6) is 0 Å². The Hall–Kier alpha value is -5.20. The van der Waals surface area contributed by atoms with Crippen LogP contribution in [0.25, 0.3) is 22.4 Å². The van der Waals surface area contributed by atoms with Gasteiger partial charge in [0.15, 0.2) is 11.5 Å². The highest BCUT2D eigenvalue weighted by atomic mass is 19.1. The van der Waals surface area contributed by atoms with E-state index in [1.165, 1.54) is 46.0 Å². The van der Waals surface area contributed by atoms with E-state index in [9.17, 15) is 18.8 Å². The molecule has 1 N–H and O–H groups in total. The lowest BCUT2D eigenvalue weighted by Crippen LogP contribution is -2.31. The lowest BCUT2D eigenvalue weighted by atomic mass is 10.3. The van der Waals surface area contributed by atoms with Crippen molar-refractivity contribution in [2.75, 3.05) is 11.9 Å². The molecule has 3 aromatic heterocycles. The van der Waals surface area contributed by atoms with E-state index in [2.05, 4.69) is 25.8 Å². The number of nitrogens with one attached hydrogen (secondary N) is 1. The van der Waals surface area contributed by atoms with Crippen LogP contribution in [0.3, 0.4) is 0 Å². The molecule has 5 aromatic rings. The van der Waals surface area contributed by atoms with Gasteiger partial charge >= 0.3 is 5.97 Å². The average Bonchev–Trinajstić information content (AvgIpc) is 3.52. The molecule has 12 nitrogen and oxygen atoms in total. The topological polar surface area (TPSA) is 139 Å². The van der Waals surface area contributed by atoms with Gasteiger partial charge in [-0.3, -0.25) is 9.59 Å². The Morgan fingerprint density at radius 1 is 0.973 bits per heavy atom. The molecule has 0 radical (unpaired) electrons.